The molecular formula is C15H26N4OS. The lowest BCUT2D eigenvalue weighted by atomic mass is 9.92. The van der Waals surface area contributed by atoms with Gasteiger partial charge in [0.2, 0.25) is 5.91 Å². The summed E-state index contributed by atoms with van der Waals surface area (Å²) in [6, 6.07) is 0.261. The molecule has 0 aromatic carbocycles. The maximum absolute atomic E-state index is 11.7. The van der Waals surface area contributed by atoms with Crippen molar-refractivity contribution in [1.82, 2.24) is 14.8 Å². The minimum Gasteiger partial charge on any atom is -0.348 e. The number of likely N-dealkylation sites (tertiary alicyclic amines) is 1. The zero-order valence-corrected chi connectivity index (χ0v) is 14.0. The summed E-state index contributed by atoms with van der Waals surface area (Å²) in [5.41, 5.74) is 7.10. The number of likely N-dealkylation sites (N-methyl/N-ethyl adjacent to an activating group) is 1. The number of carbonyl (C=O) groups is 1. The van der Waals surface area contributed by atoms with E-state index in [1.165, 1.54) is 12.8 Å². The highest BCUT2D eigenvalue weighted by Gasteiger charge is 2.23. The Labute approximate surface area is 131 Å². The molecule has 0 radical (unpaired) electrons. The summed E-state index contributed by atoms with van der Waals surface area (Å²) in [7, 11) is 3.55. The highest BCUT2D eigenvalue weighted by atomic mass is 32.1. The van der Waals surface area contributed by atoms with Gasteiger partial charge in [0, 0.05) is 38.6 Å². The van der Waals surface area contributed by atoms with Crippen LogP contribution in [0.2, 0.25) is 0 Å². The second-order valence-electron chi connectivity index (χ2n) is 6.19. The van der Waals surface area contributed by atoms with Gasteiger partial charge >= 0.3 is 0 Å². The molecule has 6 heteroatoms. The van der Waals surface area contributed by atoms with Crippen molar-refractivity contribution in [2.24, 2.45) is 11.7 Å². The maximum Gasteiger partial charge on any atom is 0.228 e. The Morgan fingerprint density at radius 1 is 1.62 bits per heavy atom. The van der Waals surface area contributed by atoms with Gasteiger partial charge in [-0.15, -0.1) is 11.3 Å². The van der Waals surface area contributed by atoms with Crippen LogP contribution in [-0.4, -0.2) is 53.9 Å². The fourth-order valence-corrected chi connectivity index (χ4v) is 3.46. The van der Waals surface area contributed by atoms with Gasteiger partial charge in [-0.1, -0.05) is 0 Å². The molecule has 0 aliphatic carbocycles. The van der Waals surface area contributed by atoms with Crippen molar-refractivity contribution in [3.8, 4) is 0 Å². The summed E-state index contributed by atoms with van der Waals surface area (Å²) >= 11 is 1.58. The Morgan fingerprint density at radius 2 is 2.38 bits per heavy atom. The Hall–Kier alpha value is -0.980. The van der Waals surface area contributed by atoms with E-state index in [-0.39, 0.29) is 11.9 Å². The van der Waals surface area contributed by atoms with Crippen molar-refractivity contribution in [2.75, 3.05) is 27.2 Å². The average Bonchev–Trinajstić information content (AvgIpc) is 2.86. The monoisotopic (exact) mass is 310 g/mol. The van der Waals surface area contributed by atoms with E-state index in [0.29, 0.717) is 12.3 Å². The number of thiazole rings is 1. The maximum atomic E-state index is 11.7. The molecule has 2 atom stereocenters. The van der Waals surface area contributed by atoms with E-state index in [2.05, 4.69) is 22.2 Å². The van der Waals surface area contributed by atoms with Crippen LogP contribution >= 0.6 is 11.3 Å². The van der Waals surface area contributed by atoms with E-state index >= 15 is 0 Å². The van der Waals surface area contributed by atoms with Gasteiger partial charge in [0.05, 0.1) is 12.1 Å². The van der Waals surface area contributed by atoms with Gasteiger partial charge in [0.15, 0.2) is 0 Å². The lowest BCUT2D eigenvalue weighted by molar-refractivity contribution is -0.127. The third-order valence-corrected chi connectivity index (χ3v) is 4.97. The molecule has 118 valence electrons. The number of nitrogens with two attached hydrogens (primary N) is 1. The van der Waals surface area contributed by atoms with E-state index in [1.807, 2.05) is 0 Å². The third-order valence-electron chi connectivity index (χ3n) is 4.07. The largest absolute Gasteiger partial charge is 0.348 e. The second-order valence-corrected chi connectivity index (χ2v) is 7.14. The molecule has 2 unspecified atom stereocenters. The number of carbonyl (C=O) groups excluding carboxylic acids is 1. The van der Waals surface area contributed by atoms with Crippen molar-refractivity contribution >= 4 is 17.2 Å². The van der Waals surface area contributed by atoms with Gasteiger partial charge in [0.25, 0.3) is 0 Å². The van der Waals surface area contributed by atoms with Crippen LogP contribution in [0.5, 0.6) is 0 Å². The highest BCUT2D eigenvalue weighted by molar-refractivity contribution is 7.09. The van der Waals surface area contributed by atoms with Gasteiger partial charge in [-0.25, -0.2) is 4.98 Å². The van der Waals surface area contributed by atoms with Crippen LogP contribution in [0.3, 0.4) is 0 Å². The molecule has 1 aliphatic heterocycles. The number of nitrogens with zero attached hydrogens (tertiary/aromatic N) is 3. The average molecular weight is 310 g/mol. The van der Waals surface area contributed by atoms with E-state index < -0.39 is 0 Å². The van der Waals surface area contributed by atoms with Crippen molar-refractivity contribution in [3.63, 3.8) is 0 Å². The number of rotatable bonds is 5. The topological polar surface area (TPSA) is 62.5 Å². The normalized spacial score (nSPS) is 21.2. The van der Waals surface area contributed by atoms with E-state index in [1.54, 1.807) is 30.3 Å². The van der Waals surface area contributed by atoms with Gasteiger partial charge in [0.1, 0.15) is 5.01 Å². The summed E-state index contributed by atoms with van der Waals surface area (Å²) in [6.45, 7) is 5.14. The molecule has 1 fully saturated rings. The molecular weight excluding hydrogens is 284 g/mol. The summed E-state index contributed by atoms with van der Waals surface area (Å²) in [5, 5.41) is 2.98. The molecule has 5 nitrogen and oxygen atoms in total. The fraction of sp³-hybridized carbons (Fsp3) is 0.733. The summed E-state index contributed by atoms with van der Waals surface area (Å²) in [5.74, 6) is 0.693. The summed E-state index contributed by atoms with van der Waals surface area (Å²) < 4.78 is 0. The van der Waals surface area contributed by atoms with E-state index in [4.69, 9.17) is 5.73 Å². The number of hydrogen-bond donors (Lipinski definition) is 1. The zero-order valence-electron chi connectivity index (χ0n) is 13.2. The van der Waals surface area contributed by atoms with Crippen molar-refractivity contribution < 1.29 is 4.79 Å². The Bertz CT molecular complexity index is 472. The number of hydrogen-bond acceptors (Lipinski definition) is 5. The van der Waals surface area contributed by atoms with Crippen LogP contribution < -0.4 is 5.73 Å². The predicted octanol–water partition coefficient (Wildman–Crippen LogP) is 1.33. The lowest BCUT2D eigenvalue weighted by Gasteiger charge is -2.34. The minimum atomic E-state index is 0.103. The Balaban J connectivity index is 1.88. The number of aromatic nitrogens is 1. The summed E-state index contributed by atoms with van der Waals surface area (Å²) in [6.07, 6.45) is 2.84. The molecule has 2 rings (SSSR count). The van der Waals surface area contributed by atoms with Crippen molar-refractivity contribution in [2.45, 2.75) is 38.8 Å². The predicted molar refractivity (Wildman–Crippen MR) is 86.2 cm³/mol. The first kappa shape index (κ1) is 16.4. The van der Waals surface area contributed by atoms with Crippen LogP contribution in [0.25, 0.3) is 0 Å². The molecule has 0 spiro atoms. The SMILES string of the molecule is CC(N)C1CCCN(Cc2csc(CC(=O)N(C)C)n2)C1. The van der Waals surface area contributed by atoms with Gasteiger partial charge in [-0.05, 0) is 32.2 Å². The Kier molecular flexibility index (Phi) is 5.72. The van der Waals surface area contributed by atoms with E-state index in [0.717, 1.165) is 30.3 Å². The molecule has 21 heavy (non-hydrogen) atoms. The molecule has 2 heterocycles. The number of piperidine rings is 1. The smallest absolute Gasteiger partial charge is 0.228 e. The van der Waals surface area contributed by atoms with Crippen LogP contribution in [0.1, 0.15) is 30.5 Å². The zero-order chi connectivity index (χ0) is 15.4. The van der Waals surface area contributed by atoms with Gasteiger partial charge < -0.3 is 10.6 Å². The first-order valence-electron chi connectivity index (χ1n) is 7.57. The molecule has 1 aromatic rings. The van der Waals surface area contributed by atoms with E-state index in [9.17, 15) is 4.79 Å². The number of amides is 1. The van der Waals surface area contributed by atoms with Gasteiger partial charge in [-0.3, -0.25) is 9.69 Å². The van der Waals surface area contributed by atoms with Crippen LogP contribution in [0, 0.1) is 5.92 Å². The van der Waals surface area contributed by atoms with Crippen LogP contribution in [0.15, 0.2) is 5.38 Å². The molecule has 1 aliphatic rings. The third kappa shape index (κ3) is 4.76. The minimum absolute atomic E-state index is 0.103. The lowest BCUT2D eigenvalue weighted by Crippen LogP contribution is -2.41. The molecule has 1 saturated heterocycles. The molecule has 1 amide bonds. The molecule has 1 aromatic heterocycles. The van der Waals surface area contributed by atoms with Gasteiger partial charge in [-0.2, -0.15) is 0 Å². The first-order valence-corrected chi connectivity index (χ1v) is 8.45. The first-order chi connectivity index (χ1) is 9.95. The second kappa shape index (κ2) is 7.33. The Morgan fingerprint density at radius 3 is 3.05 bits per heavy atom. The molecule has 2 N–H and O–H groups in total. The molecule has 0 saturated carbocycles. The van der Waals surface area contributed by atoms with Crippen LogP contribution in [0.4, 0.5) is 0 Å². The van der Waals surface area contributed by atoms with Crippen LogP contribution in [-0.2, 0) is 17.8 Å². The molecule has 0 bridgehead atoms. The quantitative estimate of drug-likeness (QED) is 0.891. The highest BCUT2D eigenvalue weighted by Crippen LogP contribution is 2.21. The summed E-state index contributed by atoms with van der Waals surface area (Å²) in [4.78, 5) is 20.3. The van der Waals surface area contributed by atoms with Crippen molar-refractivity contribution in [1.29, 1.82) is 0 Å². The standard InChI is InChI=1S/C15H26N4OS/c1-11(16)12-5-4-6-19(8-12)9-13-10-21-14(17-13)7-15(20)18(2)3/h10-12H,4-9,16H2,1-3H3. The van der Waals surface area contributed by atoms with Crippen molar-refractivity contribution in [3.05, 3.63) is 16.1 Å². The fourth-order valence-electron chi connectivity index (χ4n) is 2.68.